The molecule has 106 valence electrons. The average molecular weight is 282 g/mol. The van der Waals surface area contributed by atoms with Crippen molar-refractivity contribution in [1.82, 2.24) is 4.98 Å². The van der Waals surface area contributed by atoms with Gasteiger partial charge in [0, 0.05) is 11.8 Å². The number of rotatable bonds is 2. The highest BCUT2D eigenvalue weighted by Gasteiger charge is 2.12. The minimum absolute atomic E-state index is 0.0886. The number of aryl methyl sites for hydroxylation is 1. The number of aliphatic hydroxyl groups is 1. The van der Waals surface area contributed by atoms with Crippen molar-refractivity contribution in [2.24, 2.45) is 0 Å². The number of nitrogens with zero attached hydrogens (tertiary/aromatic N) is 1. The number of carbonyl (C=O) groups is 1. The van der Waals surface area contributed by atoms with Crippen molar-refractivity contribution in [3.8, 4) is 17.6 Å². The predicted molar refractivity (Wildman–Crippen MR) is 79.0 cm³/mol. The number of nitrogens with one attached hydrogen (secondary N) is 1. The van der Waals surface area contributed by atoms with Gasteiger partial charge in [-0.15, -0.1) is 0 Å². The molecular weight excluding hydrogens is 268 g/mol. The van der Waals surface area contributed by atoms with E-state index in [1.807, 2.05) is 6.92 Å². The van der Waals surface area contributed by atoms with Crippen molar-refractivity contribution in [3.63, 3.8) is 0 Å². The van der Waals surface area contributed by atoms with Gasteiger partial charge in [-0.2, -0.15) is 0 Å². The summed E-state index contributed by atoms with van der Waals surface area (Å²) in [5, 5.41) is 21.0. The van der Waals surface area contributed by atoms with Crippen molar-refractivity contribution in [3.05, 3.63) is 53.2 Å². The van der Waals surface area contributed by atoms with E-state index in [-0.39, 0.29) is 17.9 Å². The Hall–Kier alpha value is -2.84. The molecule has 2 aromatic rings. The molecule has 0 aliphatic heterocycles. The lowest BCUT2D eigenvalue weighted by molar-refractivity contribution is 0.102. The van der Waals surface area contributed by atoms with Gasteiger partial charge in [-0.1, -0.05) is 23.5 Å². The van der Waals surface area contributed by atoms with Crippen LogP contribution in [0.3, 0.4) is 0 Å². The Bertz CT molecular complexity index is 730. The van der Waals surface area contributed by atoms with Crippen molar-refractivity contribution in [2.75, 3.05) is 11.9 Å². The Morgan fingerprint density at radius 3 is 2.90 bits per heavy atom. The number of amides is 1. The van der Waals surface area contributed by atoms with Crippen LogP contribution in [-0.2, 0) is 0 Å². The molecule has 3 N–H and O–H groups in total. The highest BCUT2D eigenvalue weighted by Crippen LogP contribution is 2.19. The molecule has 0 unspecified atom stereocenters. The normalized spacial score (nSPS) is 9.62. The number of phenolic OH excluding ortho intramolecular Hbond substituents is 1. The van der Waals surface area contributed by atoms with Crippen LogP contribution in [0.5, 0.6) is 5.75 Å². The van der Waals surface area contributed by atoms with Crippen LogP contribution >= 0.6 is 0 Å². The van der Waals surface area contributed by atoms with E-state index in [0.717, 1.165) is 5.56 Å². The molecule has 5 nitrogen and oxygen atoms in total. The topological polar surface area (TPSA) is 82.5 Å². The first-order valence-corrected chi connectivity index (χ1v) is 6.27. The standard InChI is InChI=1S/C16H14N2O3/c1-11-4-5-14(20)13(9-11)16(21)18-15-10-12(3-2-8-19)6-7-17-15/h4-7,9-10,19-20H,8H2,1H3,(H,17,18,21). The fourth-order valence-corrected chi connectivity index (χ4v) is 1.73. The van der Waals surface area contributed by atoms with Gasteiger partial charge in [0.15, 0.2) is 0 Å². The summed E-state index contributed by atoms with van der Waals surface area (Å²) < 4.78 is 0. The maximum Gasteiger partial charge on any atom is 0.260 e. The van der Waals surface area contributed by atoms with Crippen LogP contribution in [0, 0.1) is 18.8 Å². The van der Waals surface area contributed by atoms with Crippen LogP contribution in [0.25, 0.3) is 0 Å². The zero-order chi connectivity index (χ0) is 15.2. The molecule has 0 spiro atoms. The molecule has 2 rings (SSSR count). The van der Waals surface area contributed by atoms with Crippen LogP contribution in [0.1, 0.15) is 21.5 Å². The molecule has 21 heavy (non-hydrogen) atoms. The molecule has 5 heteroatoms. The zero-order valence-corrected chi connectivity index (χ0v) is 11.4. The number of aromatic hydroxyl groups is 1. The Morgan fingerprint density at radius 1 is 1.33 bits per heavy atom. The number of carbonyl (C=O) groups excluding carboxylic acids is 1. The molecule has 0 bridgehead atoms. The Labute approximate surface area is 122 Å². The zero-order valence-electron chi connectivity index (χ0n) is 11.4. The second-order valence-electron chi connectivity index (χ2n) is 4.36. The first-order valence-electron chi connectivity index (χ1n) is 6.27. The van der Waals surface area contributed by atoms with Crippen LogP contribution in [-0.4, -0.2) is 27.7 Å². The van der Waals surface area contributed by atoms with Gasteiger partial charge in [-0.25, -0.2) is 4.98 Å². The molecule has 1 aromatic heterocycles. The summed E-state index contributed by atoms with van der Waals surface area (Å²) in [5.74, 6) is 5.03. The van der Waals surface area contributed by atoms with Crippen LogP contribution in [0.4, 0.5) is 5.82 Å². The molecule has 0 saturated carbocycles. The van der Waals surface area contributed by atoms with Crippen LogP contribution in [0.2, 0.25) is 0 Å². The van der Waals surface area contributed by atoms with Crippen molar-refractivity contribution >= 4 is 11.7 Å². The van der Waals surface area contributed by atoms with E-state index in [9.17, 15) is 9.90 Å². The fourth-order valence-electron chi connectivity index (χ4n) is 1.73. The molecule has 1 heterocycles. The number of hydrogen-bond acceptors (Lipinski definition) is 4. The third kappa shape index (κ3) is 3.81. The third-order valence-corrected chi connectivity index (χ3v) is 2.71. The van der Waals surface area contributed by atoms with E-state index in [1.165, 1.54) is 12.3 Å². The Kier molecular flexibility index (Phi) is 4.54. The first-order chi connectivity index (χ1) is 10.1. The summed E-state index contributed by atoms with van der Waals surface area (Å²) >= 11 is 0. The number of benzene rings is 1. The largest absolute Gasteiger partial charge is 0.507 e. The van der Waals surface area contributed by atoms with Gasteiger partial charge in [0.05, 0.1) is 5.56 Å². The van der Waals surface area contributed by atoms with Gasteiger partial charge in [-0.05, 0) is 31.2 Å². The minimum Gasteiger partial charge on any atom is -0.507 e. The molecular formula is C16H14N2O3. The number of aliphatic hydroxyl groups excluding tert-OH is 1. The predicted octanol–water partition coefficient (Wildman–Crippen LogP) is 1.69. The van der Waals surface area contributed by atoms with E-state index in [0.29, 0.717) is 11.4 Å². The lowest BCUT2D eigenvalue weighted by atomic mass is 10.1. The fraction of sp³-hybridized carbons (Fsp3) is 0.125. The summed E-state index contributed by atoms with van der Waals surface area (Å²) in [6.45, 7) is 1.60. The summed E-state index contributed by atoms with van der Waals surface area (Å²) in [5.41, 5.74) is 1.68. The first kappa shape index (κ1) is 14.6. The molecule has 0 aliphatic rings. The van der Waals surface area contributed by atoms with Crippen molar-refractivity contribution in [2.45, 2.75) is 6.92 Å². The van der Waals surface area contributed by atoms with E-state index in [1.54, 1.807) is 24.3 Å². The smallest absolute Gasteiger partial charge is 0.260 e. The van der Waals surface area contributed by atoms with Gasteiger partial charge in [-0.3, -0.25) is 4.79 Å². The number of pyridine rings is 1. The lowest BCUT2D eigenvalue weighted by Gasteiger charge is -2.07. The highest BCUT2D eigenvalue weighted by molar-refractivity contribution is 6.05. The summed E-state index contributed by atoms with van der Waals surface area (Å²) in [4.78, 5) is 16.1. The van der Waals surface area contributed by atoms with Gasteiger partial charge in [0.1, 0.15) is 18.2 Å². The summed E-state index contributed by atoms with van der Waals surface area (Å²) in [7, 11) is 0. The van der Waals surface area contributed by atoms with E-state index in [4.69, 9.17) is 5.11 Å². The van der Waals surface area contributed by atoms with Crippen LogP contribution < -0.4 is 5.32 Å². The Morgan fingerprint density at radius 2 is 2.14 bits per heavy atom. The maximum absolute atomic E-state index is 12.1. The number of hydrogen-bond donors (Lipinski definition) is 3. The van der Waals surface area contributed by atoms with E-state index >= 15 is 0 Å². The molecule has 0 saturated heterocycles. The molecule has 1 aromatic carbocycles. The van der Waals surface area contributed by atoms with Gasteiger partial charge in [0.25, 0.3) is 5.91 Å². The second-order valence-corrected chi connectivity index (χ2v) is 4.36. The van der Waals surface area contributed by atoms with Gasteiger partial charge >= 0.3 is 0 Å². The monoisotopic (exact) mass is 282 g/mol. The molecule has 1 amide bonds. The van der Waals surface area contributed by atoms with E-state index in [2.05, 4.69) is 22.1 Å². The van der Waals surface area contributed by atoms with E-state index < -0.39 is 5.91 Å². The summed E-state index contributed by atoms with van der Waals surface area (Å²) in [6.07, 6.45) is 1.51. The molecule has 0 atom stereocenters. The second kappa shape index (κ2) is 6.55. The average Bonchev–Trinajstić information content (AvgIpc) is 2.48. The number of aromatic nitrogens is 1. The van der Waals surface area contributed by atoms with Crippen molar-refractivity contribution < 1.29 is 15.0 Å². The number of phenols is 1. The molecule has 0 fully saturated rings. The van der Waals surface area contributed by atoms with Crippen LogP contribution in [0.15, 0.2) is 36.5 Å². The van der Waals surface area contributed by atoms with Crippen molar-refractivity contribution in [1.29, 1.82) is 0 Å². The highest BCUT2D eigenvalue weighted by atomic mass is 16.3. The Balaban J connectivity index is 2.21. The number of anilines is 1. The quantitative estimate of drug-likeness (QED) is 0.732. The van der Waals surface area contributed by atoms with Gasteiger partial charge in [0.2, 0.25) is 0 Å². The van der Waals surface area contributed by atoms with Gasteiger partial charge < -0.3 is 15.5 Å². The minimum atomic E-state index is -0.448. The SMILES string of the molecule is Cc1ccc(O)c(C(=O)Nc2cc(C#CCO)ccn2)c1. The maximum atomic E-state index is 12.1. The molecule has 0 radical (unpaired) electrons. The lowest BCUT2D eigenvalue weighted by Crippen LogP contribution is -2.13. The molecule has 0 aliphatic carbocycles. The third-order valence-electron chi connectivity index (χ3n) is 2.71. The summed E-state index contributed by atoms with van der Waals surface area (Å²) in [6, 6.07) is 8.05.